The third-order valence-corrected chi connectivity index (χ3v) is 5.34. The van der Waals surface area contributed by atoms with Gasteiger partial charge < -0.3 is 9.15 Å². The Morgan fingerprint density at radius 1 is 0.828 bits per heavy atom. The van der Waals surface area contributed by atoms with Crippen molar-refractivity contribution in [2.24, 2.45) is 0 Å². The smallest absolute Gasteiger partial charge is 0.343 e. The molecule has 0 bridgehead atoms. The second-order valence-electron chi connectivity index (χ2n) is 6.13. The van der Waals surface area contributed by atoms with E-state index in [-0.39, 0.29) is 27.3 Å². The van der Waals surface area contributed by atoms with Crippen LogP contribution in [0.4, 0.5) is 0 Å². The molecule has 144 valence electrons. The van der Waals surface area contributed by atoms with E-state index in [2.05, 4.69) is 0 Å². The van der Waals surface area contributed by atoms with Crippen LogP contribution >= 0.6 is 34.8 Å². The molecular weight excluding hydrogens is 435 g/mol. The minimum absolute atomic E-state index is 0.224. The topological polar surface area (TPSA) is 56.5 Å². The molecule has 7 heteroatoms. The summed E-state index contributed by atoms with van der Waals surface area (Å²) in [7, 11) is 0. The zero-order valence-corrected chi connectivity index (χ0v) is 16.9. The van der Waals surface area contributed by atoms with Crippen molar-refractivity contribution < 1.29 is 13.9 Å². The predicted octanol–water partition coefficient (Wildman–Crippen LogP) is 6.64. The maximum atomic E-state index is 12.9. The average Bonchev–Trinajstić information content (AvgIpc) is 2.71. The van der Waals surface area contributed by atoms with E-state index in [1.54, 1.807) is 30.3 Å². The second-order valence-corrected chi connectivity index (χ2v) is 7.36. The van der Waals surface area contributed by atoms with Crippen LogP contribution in [0.1, 0.15) is 10.4 Å². The summed E-state index contributed by atoms with van der Waals surface area (Å²) in [5.74, 6) is -0.389. The van der Waals surface area contributed by atoms with Crippen LogP contribution in [0.3, 0.4) is 0 Å². The van der Waals surface area contributed by atoms with Crippen LogP contribution < -0.4 is 10.2 Å². The Morgan fingerprint density at radius 3 is 2.38 bits per heavy atom. The fourth-order valence-corrected chi connectivity index (χ4v) is 3.36. The molecule has 4 nitrogen and oxygen atoms in total. The van der Waals surface area contributed by atoms with Gasteiger partial charge in [-0.1, -0.05) is 53.0 Å². The third kappa shape index (κ3) is 3.87. The van der Waals surface area contributed by atoms with Crippen LogP contribution in [0.2, 0.25) is 15.1 Å². The molecule has 0 N–H and O–H groups in total. The lowest BCUT2D eigenvalue weighted by molar-refractivity contribution is 0.0735. The Kier molecular flexibility index (Phi) is 5.33. The van der Waals surface area contributed by atoms with Crippen molar-refractivity contribution in [3.63, 3.8) is 0 Å². The summed E-state index contributed by atoms with van der Waals surface area (Å²) in [5, 5.41) is 1.38. The zero-order valence-electron chi connectivity index (χ0n) is 14.6. The molecule has 29 heavy (non-hydrogen) atoms. The molecule has 0 atom stereocenters. The summed E-state index contributed by atoms with van der Waals surface area (Å²) in [4.78, 5) is 25.2. The van der Waals surface area contributed by atoms with Gasteiger partial charge in [0.15, 0.2) is 0 Å². The van der Waals surface area contributed by atoms with Gasteiger partial charge in [0.25, 0.3) is 0 Å². The van der Waals surface area contributed by atoms with Crippen LogP contribution in [-0.2, 0) is 0 Å². The van der Waals surface area contributed by atoms with Crippen molar-refractivity contribution in [3.05, 3.63) is 97.8 Å². The molecule has 0 fully saturated rings. The summed E-state index contributed by atoms with van der Waals surface area (Å²) in [6.45, 7) is 0. The van der Waals surface area contributed by atoms with Gasteiger partial charge in [-0.15, -0.1) is 0 Å². The third-order valence-electron chi connectivity index (χ3n) is 4.28. The molecular formula is C22H11Cl3O4. The highest BCUT2D eigenvalue weighted by atomic mass is 35.5. The number of benzene rings is 3. The summed E-state index contributed by atoms with van der Waals surface area (Å²) in [6.07, 6.45) is 1.34. The van der Waals surface area contributed by atoms with Crippen LogP contribution in [0.15, 0.2) is 76.1 Å². The Bertz CT molecular complexity index is 1310. The van der Waals surface area contributed by atoms with Crippen LogP contribution in [0.25, 0.3) is 22.1 Å². The zero-order chi connectivity index (χ0) is 20.5. The van der Waals surface area contributed by atoms with E-state index in [0.29, 0.717) is 26.6 Å². The molecule has 0 aliphatic rings. The minimum atomic E-state index is -0.613. The highest BCUT2D eigenvalue weighted by Crippen LogP contribution is 2.28. The summed E-state index contributed by atoms with van der Waals surface area (Å²) in [6, 6.07) is 16.0. The largest absolute Gasteiger partial charge is 0.463 e. The molecule has 3 aromatic carbocycles. The van der Waals surface area contributed by atoms with Crippen LogP contribution in [-0.4, -0.2) is 5.97 Å². The van der Waals surface area contributed by atoms with Crippen molar-refractivity contribution in [1.82, 2.24) is 0 Å². The van der Waals surface area contributed by atoms with Gasteiger partial charge in [-0.05, 0) is 36.4 Å². The van der Waals surface area contributed by atoms with Crippen LogP contribution in [0.5, 0.6) is 5.75 Å². The molecule has 1 heterocycles. The molecule has 1 aromatic heterocycles. The molecule has 0 unspecified atom stereocenters. The van der Waals surface area contributed by atoms with E-state index in [1.165, 1.54) is 36.6 Å². The van der Waals surface area contributed by atoms with Crippen molar-refractivity contribution in [2.45, 2.75) is 0 Å². The first-order chi connectivity index (χ1) is 13.9. The van der Waals surface area contributed by atoms with E-state index < -0.39 is 5.97 Å². The highest BCUT2D eigenvalue weighted by Gasteiger charge is 2.14. The lowest BCUT2D eigenvalue weighted by Crippen LogP contribution is -2.09. The predicted molar refractivity (Wildman–Crippen MR) is 114 cm³/mol. The van der Waals surface area contributed by atoms with Gasteiger partial charge in [0.1, 0.15) is 17.6 Å². The van der Waals surface area contributed by atoms with E-state index >= 15 is 0 Å². The quantitative estimate of drug-likeness (QED) is 0.262. The minimum Gasteiger partial charge on any atom is -0.463 e. The van der Waals surface area contributed by atoms with Crippen LogP contribution in [0, 0.1) is 0 Å². The summed E-state index contributed by atoms with van der Waals surface area (Å²) >= 11 is 18.0. The summed E-state index contributed by atoms with van der Waals surface area (Å²) in [5.41, 5.74) is 1.23. The second kappa shape index (κ2) is 7.91. The fraction of sp³-hybridized carbons (Fsp3) is 0. The van der Waals surface area contributed by atoms with Gasteiger partial charge in [0.2, 0.25) is 5.43 Å². The molecule has 0 aliphatic carbocycles. The number of hydrogen-bond acceptors (Lipinski definition) is 4. The lowest BCUT2D eigenvalue weighted by atomic mass is 10.1. The Hall–Kier alpha value is -2.79. The van der Waals surface area contributed by atoms with Crippen molar-refractivity contribution in [3.8, 4) is 16.9 Å². The first kappa shape index (κ1) is 19.5. The van der Waals surface area contributed by atoms with E-state index in [4.69, 9.17) is 44.0 Å². The van der Waals surface area contributed by atoms with E-state index in [0.717, 1.165) is 0 Å². The van der Waals surface area contributed by atoms with Gasteiger partial charge in [-0.3, -0.25) is 4.79 Å². The van der Waals surface area contributed by atoms with Crippen molar-refractivity contribution in [2.75, 3.05) is 0 Å². The maximum absolute atomic E-state index is 12.9. The number of rotatable bonds is 3. The number of esters is 1. The fourth-order valence-electron chi connectivity index (χ4n) is 2.83. The highest BCUT2D eigenvalue weighted by molar-refractivity contribution is 6.42. The van der Waals surface area contributed by atoms with Gasteiger partial charge in [0, 0.05) is 16.7 Å². The monoisotopic (exact) mass is 444 g/mol. The lowest BCUT2D eigenvalue weighted by Gasteiger charge is -2.07. The molecule has 0 amide bonds. The Balaban J connectivity index is 1.67. The normalized spacial score (nSPS) is 10.9. The number of carbonyl (C=O) groups is 1. The SMILES string of the molecule is O=C(Oc1ccc2c(=O)c(-c3ccccc3Cl)coc2c1)c1ccc(Cl)c(Cl)c1. The first-order valence-electron chi connectivity index (χ1n) is 8.42. The average molecular weight is 446 g/mol. The van der Waals surface area contributed by atoms with Crippen molar-refractivity contribution in [1.29, 1.82) is 0 Å². The van der Waals surface area contributed by atoms with Gasteiger partial charge >= 0.3 is 5.97 Å². The molecule has 0 radical (unpaired) electrons. The number of carbonyl (C=O) groups excluding carboxylic acids is 1. The number of hydrogen-bond donors (Lipinski definition) is 0. The Labute approximate surface area is 180 Å². The number of ether oxygens (including phenoxy) is 1. The van der Waals surface area contributed by atoms with Gasteiger partial charge in [-0.25, -0.2) is 4.79 Å². The Morgan fingerprint density at radius 2 is 1.62 bits per heavy atom. The summed E-state index contributed by atoms with van der Waals surface area (Å²) < 4.78 is 11.0. The molecule has 0 aliphatic heterocycles. The van der Waals surface area contributed by atoms with E-state index in [9.17, 15) is 9.59 Å². The maximum Gasteiger partial charge on any atom is 0.343 e. The van der Waals surface area contributed by atoms with Gasteiger partial charge in [0.05, 0.1) is 26.6 Å². The molecule has 4 rings (SSSR count). The van der Waals surface area contributed by atoms with Gasteiger partial charge in [-0.2, -0.15) is 0 Å². The molecule has 0 saturated heterocycles. The number of halogens is 3. The van der Waals surface area contributed by atoms with Crippen molar-refractivity contribution >= 4 is 51.7 Å². The molecule has 0 spiro atoms. The number of fused-ring (bicyclic) bond motifs is 1. The molecule has 0 saturated carbocycles. The standard InChI is InChI=1S/C22H11Cl3O4/c23-17-4-2-1-3-14(17)16-11-28-20-10-13(6-7-15(20)21(16)26)29-22(27)12-5-8-18(24)19(25)9-12/h1-11H. The van der Waals surface area contributed by atoms with E-state index in [1.807, 2.05) is 0 Å². The molecule has 4 aromatic rings. The first-order valence-corrected chi connectivity index (χ1v) is 9.55.